The Morgan fingerprint density at radius 2 is 2.05 bits per heavy atom. The number of carbonyl (C=O) groups excluding carboxylic acids is 1. The molecule has 0 saturated heterocycles. The van der Waals surface area contributed by atoms with Gasteiger partial charge in [-0.3, -0.25) is 4.79 Å². The van der Waals surface area contributed by atoms with Crippen molar-refractivity contribution < 1.29 is 9.53 Å². The second kappa shape index (κ2) is 6.35. The van der Waals surface area contributed by atoms with Crippen molar-refractivity contribution in [1.82, 2.24) is 9.97 Å². The molecule has 0 bridgehead atoms. The zero-order valence-corrected chi connectivity index (χ0v) is 11.7. The average molecular weight is 283 g/mol. The molecule has 5 nitrogen and oxygen atoms in total. The number of benzene rings is 1. The number of anilines is 1. The zero-order chi connectivity index (χ0) is 14.5. The smallest absolute Gasteiger partial charge is 0.325 e. The first-order valence-electron chi connectivity index (χ1n) is 7.06. The van der Waals surface area contributed by atoms with Gasteiger partial charge in [-0.25, -0.2) is 9.97 Å². The Morgan fingerprint density at radius 3 is 2.81 bits per heavy atom. The molecule has 1 heterocycles. The van der Waals surface area contributed by atoms with E-state index in [1.54, 1.807) is 0 Å². The standard InChI is InChI=1S/C16H17N3O2/c20-16(21-10-12-4-2-1-3-5-12)9-17-15-8-14(13-6-7-13)18-11-19-15/h1-5,8,11,13H,6-7,9-10H2,(H,17,18,19). The molecule has 1 aromatic heterocycles. The number of hydrogen-bond acceptors (Lipinski definition) is 5. The summed E-state index contributed by atoms with van der Waals surface area (Å²) in [6.07, 6.45) is 3.91. The van der Waals surface area contributed by atoms with E-state index in [0.29, 0.717) is 18.3 Å². The maximum atomic E-state index is 11.7. The van der Waals surface area contributed by atoms with Crippen LogP contribution in [0.2, 0.25) is 0 Å². The van der Waals surface area contributed by atoms with E-state index in [0.717, 1.165) is 11.3 Å². The Morgan fingerprint density at radius 1 is 1.24 bits per heavy atom. The van der Waals surface area contributed by atoms with E-state index < -0.39 is 0 Å². The molecule has 5 heteroatoms. The summed E-state index contributed by atoms with van der Waals surface area (Å²) >= 11 is 0. The molecule has 0 radical (unpaired) electrons. The molecule has 108 valence electrons. The van der Waals surface area contributed by atoms with Crippen molar-refractivity contribution in [3.63, 3.8) is 0 Å². The molecule has 1 aliphatic rings. The van der Waals surface area contributed by atoms with Gasteiger partial charge in [0.15, 0.2) is 0 Å². The Hall–Kier alpha value is -2.43. The predicted molar refractivity (Wildman–Crippen MR) is 78.7 cm³/mol. The van der Waals surface area contributed by atoms with Crippen LogP contribution in [-0.2, 0) is 16.1 Å². The fourth-order valence-electron chi connectivity index (χ4n) is 2.02. The van der Waals surface area contributed by atoms with Crippen molar-refractivity contribution in [2.45, 2.75) is 25.4 Å². The number of hydrogen-bond donors (Lipinski definition) is 1. The number of ether oxygens (including phenoxy) is 1. The highest BCUT2D eigenvalue weighted by Crippen LogP contribution is 2.39. The summed E-state index contributed by atoms with van der Waals surface area (Å²) in [6.45, 7) is 0.395. The lowest BCUT2D eigenvalue weighted by Gasteiger charge is -2.07. The van der Waals surface area contributed by atoms with Crippen molar-refractivity contribution in [1.29, 1.82) is 0 Å². The van der Waals surface area contributed by atoms with Gasteiger partial charge in [-0.15, -0.1) is 0 Å². The molecule has 0 atom stereocenters. The van der Waals surface area contributed by atoms with E-state index in [1.807, 2.05) is 36.4 Å². The molecule has 3 rings (SSSR count). The Bertz CT molecular complexity index is 612. The Balaban J connectivity index is 1.46. The number of aromatic nitrogens is 2. The SMILES string of the molecule is O=C(CNc1cc(C2CC2)ncn1)OCc1ccccc1. The summed E-state index contributed by atoms with van der Waals surface area (Å²) in [5, 5.41) is 2.98. The molecule has 1 aliphatic carbocycles. The third kappa shape index (κ3) is 4.02. The molecular weight excluding hydrogens is 266 g/mol. The van der Waals surface area contributed by atoms with E-state index in [-0.39, 0.29) is 12.5 Å². The molecule has 0 spiro atoms. The van der Waals surface area contributed by atoms with Crippen molar-refractivity contribution in [3.8, 4) is 0 Å². The van der Waals surface area contributed by atoms with Crippen LogP contribution in [0.4, 0.5) is 5.82 Å². The number of nitrogens with one attached hydrogen (secondary N) is 1. The first kappa shape index (κ1) is 13.5. The lowest BCUT2D eigenvalue weighted by atomic mass is 10.2. The van der Waals surface area contributed by atoms with E-state index in [1.165, 1.54) is 19.2 Å². The average Bonchev–Trinajstić information content (AvgIpc) is 3.37. The van der Waals surface area contributed by atoms with Gasteiger partial charge in [0.1, 0.15) is 25.3 Å². The summed E-state index contributed by atoms with van der Waals surface area (Å²) in [6, 6.07) is 11.5. The highest BCUT2D eigenvalue weighted by atomic mass is 16.5. The molecule has 0 amide bonds. The summed E-state index contributed by atoms with van der Waals surface area (Å²) in [7, 11) is 0. The van der Waals surface area contributed by atoms with Crippen LogP contribution in [0.3, 0.4) is 0 Å². The highest BCUT2D eigenvalue weighted by Gasteiger charge is 2.25. The summed E-state index contributed by atoms with van der Waals surface area (Å²) in [4.78, 5) is 20.0. The number of carbonyl (C=O) groups is 1. The third-order valence-electron chi connectivity index (χ3n) is 3.34. The van der Waals surface area contributed by atoms with Crippen molar-refractivity contribution in [3.05, 3.63) is 54.0 Å². The zero-order valence-electron chi connectivity index (χ0n) is 11.7. The van der Waals surface area contributed by atoms with Gasteiger partial charge in [0, 0.05) is 17.7 Å². The predicted octanol–water partition coefficient (Wildman–Crippen LogP) is 2.51. The van der Waals surface area contributed by atoms with Gasteiger partial charge in [0.05, 0.1) is 0 Å². The first-order valence-corrected chi connectivity index (χ1v) is 7.06. The van der Waals surface area contributed by atoms with Crippen LogP contribution in [0.15, 0.2) is 42.7 Å². The number of esters is 1. The molecule has 0 aliphatic heterocycles. The monoisotopic (exact) mass is 283 g/mol. The van der Waals surface area contributed by atoms with Crippen LogP contribution < -0.4 is 5.32 Å². The fraction of sp³-hybridized carbons (Fsp3) is 0.312. The normalized spacial score (nSPS) is 13.7. The summed E-state index contributed by atoms with van der Waals surface area (Å²) in [5.41, 5.74) is 2.02. The van der Waals surface area contributed by atoms with E-state index in [4.69, 9.17) is 4.74 Å². The van der Waals surface area contributed by atoms with Crippen LogP contribution in [0, 0.1) is 0 Å². The van der Waals surface area contributed by atoms with Crippen molar-refractivity contribution in [2.24, 2.45) is 0 Å². The molecule has 2 aromatic rings. The topological polar surface area (TPSA) is 64.1 Å². The number of nitrogens with zero attached hydrogens (tertiary/aromatic N) is 2. The molecule has 1 saturated carbocycles. The third-order valence-corrected chi connectivity index (χ3v) is 3.34. The van der Waals surface area contributed by atoms with Gasteiger partial charge in [0.25, 0.3) is 0 Å². The van der Waals surface area contributed by atoms with E-state index in [9.17, 15) is 4.79 Å². The Labute approximate surface area is 123 Å². The van der Waals surface area contributed by atoms with Crippen molar-refractivity contribution >= 4 is 11.8 Å². The maximum absolute atomic E-state index is 11.7. The van der Waals surface area contributed by atoms with Crippen LogP contribution in [0.1, 0.15) is 30.0 Å². The Kier molecular flexibility index (Phi) is 4.09. The number of rotatable bonds is 6. The maximum Gasteiger partial charge on any atom is 0.325 e. The largest absolute Gasteiger partial charge is 0.460 e. The van der Waals surface area contributed by atoms with Gasteiger partial charge in [-0.1, -0.05) is 30.3 Å². The van der Waals surface area contributed by atoms with E-state index >= 15 is 0 Å². The summed E-state index contributed by atoms with van der Waals surface area (Å²) in [5.74, 6) is 0.938. The van der Waals surface area contributed by atoms with Gasteiger partial charge in [0.2, 0.25) is 0 Å². The van der Waals surface area contributed by atoms with Gasteiger partial charge >= 0.3 is 5.97 Å². The lowest BCUT2D eigenvalue weighted by molar-refractivity contribution is -0.142. The van der Waals surface area contributed by atoms with Gasteiger partial charge < -0.3 is 10.1 Å². The van der Waals surface area contributed by atoms with Gasteiger partial charge in [-0.05, 0) is 18.4 Å². The first-order chi connectivity index (χ1) is 10.3. The van der Waals surface area contributed by atoms with Crippen LogP contribution >= 0.6 is 0 Å². The molecule has 0 unspecified atom stereocenters. The lowest BCUT2D eigenvalue weighted by Crippen LogP contribution is -2.17. The molecule has 1 fully saturated rings. The van der Waals surface area contributed by atoms with E-state index in [2.05, 4.69) is 15.3 Å². The second-order valence-electron chi connectivity index (χ2n) is 5.10. The fourth-order valence-corrected chi connectivity index (χ4v) is 2.02. The summed E-state index contributed by atoms with van der Waals surface area (Å²) < 4.78 is 5.20. The van der Waals surface area contributed by atoms with Crippen molar-refractivity contribution in [2.75, 3.05) is 11.9 Å². The molecule has 21 heavy (non-hydrogen) atoms. The second-order valence-corrected chi connectivity index (χ2v) is 5.10. The minimum Gasteiger partial charge on any atom is -0.460 e. The minimum atomic E-state index is -0.301. The molecular formula is C16H17N3O2. The minimum absolute atomic E-state index is 0.105. The highest BCUT2D eigenvalue weighted by molar-refractivity contribution is 5.74. The van der Waals surface area contributed by atoms with Crippen LogP contribution in [-0.4, -0.2) is 22.5 Å². The van der Waals surface area contributed by atoms with Gasteiger partial charge in [-0.2, -0.15) is 0 Å². The molecule has 1 N–H and O–H groups in total. The van der Waals surface area contributed by atoms with Crippen LogP contribution in [0.25, 0.3) is 0 Å². The van der Waals surface area contributed by atoms with Crippen LogP contribution in [0.5, 0.6) is 0 Å². The quantitative estimate of drug-likeness (QED) is 0.825. The molecule has 1 aromatic carbocycles.